The van der Waals surface area contributed by atoms with Crippen molar-refractivity contribution in [3.8, 4) is 9.88 Å². The number of thiazole rings is 1. The standard InChI is InChI=1S/C23H25ClN6OS2/c1-14(2)29-10-7-15(8-11-29)27-22(31)21-28-17-4-3-9-25-20(17)30(21)13-16-12-26-23(32-16)18-5-6-19(24)33-18/h3-6,9,12,14-15H,7-8,10-11,13H2,1-2H3,(H,27,31). The molecular formula is C23H25ClN6OS2. The molecule has 0 radical (unpaired) electrons. The van der Waals surface area contributed by atoms with Crippen molar-refractivity contribution in [3.05, 3.63) is 51.7 Å². The number of fused-ring (bicyclic) bond motifs is 1. The van der Waals surface area contributed by atoms with E-state index in [4.69, 9.17) is 11.6 Å². The van der Waals surface area contributed by atoms with Crippen molar-refractivity contribution in [3.63, 3.8) is 0 Å². The SMILES string of the molecule is CC(C)N1CCC(NC(=O)c2nc3cccnc3n2Cc2cnc(-c3ccc(Cl)s3)s2)CC1. The maximum absolute atomic E-state index is 13.3. The van der Waals surface area contributed by atoms with Gasteiger partial charge in [-0.1, -0.05) is 11.6 Å². The van der Waals surface area contributed by atoms with Crippen molar-refractivity contribution in [1.29, 1.82) is 0 Å². The smallest absolute Gasteiger partial charge is 0.287 e. The van der Waals surface area contributed by atoms with Crippen molar-refractivity contribution >= 4 is 51.3 Å². The van der Waals surface area contributed by atoms with Crippen LogP contribution in [0.15, 0.2) is 36.7 Å². The van der Waals surface area contributed by atoms with E-state index >= 15 is 0 Å². The lowest BCUT2D eigenvalue weighted by Crippen LogP contribution is -2.47. The molecule has 5 rings (SSSR count). The number of piperidine rings is 1. The van der Waals surface area contributed by atoms with Crippen LogP contribution in [0.25, 0.3) is 21.0 Å². The summed E-state index contributed by atoms with van der Waals surface area (Å²) in [5.41, 5.74) is 1.42. The summed E-state index contributed by atoms with van der Waals surface area (Å²) in [5, 5.41) is 4.13. The molecule has 1 aliphatic rings. The van der Waals surface area contributed by atoms with Crippen molar-refractivity contribution in [2.75, 3.05) is 13.1 Å². The van der Waals surface area contributed by atoms with E-state index in [9.17, 15) is 4.79 Å². The molecule has 5 heterocycles. The zero-order valence-electron chi connectivity index (χ0n) is 18.5. The average molecular weight is 501 g/mol. The van der Waals surface area contributed by atoms with E-state index in [2.05, 4.69) is 39.0 Å². The summed E-state index contributed by atoms with van der Waals surface area (Å²) in [7, 11) is 0. The minimum atomic E-state index is -0.147. The van der Waals surface area contributed by atoms with Gasteiger partial charge in [0.15, 0.2) is 5.65 Å². The molecule has 33 heavy (non-hydrogen) atoms. The number of amides is 1. The highest BCUT2D eigenvalue weighted by Gasteiger charge is 2.25. The van der Waals surface area contributed by atoms with Crippen LogP contribution in [0.2, 0.25) is 4.34 Å². The number of pyridine rings is 1. The largest absolute Gasteiger partial charge is 0.347 e. The van der Waals surface area contributed by atoms with Gasteiger partial charge in [-0.3, -0.25) is 9.36 Å². The number of carbonyl (C=O) groups is 1. The molecule has 1 fully saturated rings. The third kappa shape index (κ3) is 4.82. The fourth-order valence-electron chi connectivity index (χ4n) is 4.17. The fourth-order valence-corrected chi connectivity index (χ4v) is 6.18. The molecule has 0 unspecified atom stereocenters. The normalized spacial score (nSPS) is 15.5. The minimum Gasteiger partial charge on any atom is -0.347 e. The number of likely N-dealkylation sites (tertiary alicyclic amines) is 1. The lowest BCUT2D eigenvalue weighted by Gasteiger charge is -2.34. The lowest BCUT2D eigenvalue weighted by atomic mass is 10.0. The monoisotopic (exact) mass is 500 g/mol. The van der Waals surface area contributed by atoms with Crippen LogP contribution >= 0.6 is 34.3 Å². The zero-order chi connectivity index (χ0) is 22.9. The first-order valence-corrected chi connectivity index (χ1v) is 13.1. The molecule has 0 saturated carbocycles. The van der Waals surface area contributed by atoms with Gasteiger partial charge in [-0.15, -0.1) is 22.7 Å². The molecule has 1 aliphatic heterocycles. The predicted octanol–water partition coefficient (Wildman–Crippen LogP) is 4.92. The summed E-state index contributed by atoms with van der Waals surface area (Å²) in [5.74, 6) is 0.245. The molecule has 0 spiro atoms. The molecular weight excluding hydrogens is 476 g/mol. The van der Waals surface area contributed by atoms with Gasteiger partial charge < -0.3 is 10.2 Å². The third-order valence-electron chi connectivity index (χ3n) is 5.95. The molecule has 0 atom stereocenters. The third-order valence-corrected chi connectivity index (χ3v) is 8.34. The van der Waals surface area contributed by atoms with Gasteiger partial charge in [0.1, 0.15) is 10.5 Å². The quantitative estimate of drug-likeness (QED) is 0.406. The topological polar surface area (TPSA) is 75.9 Å². The van der Waals surface area contributed by atoms with Gasteiger partial charge in [-0.25, -0.2) is 15.0 Å². The molecule has 1 amide bonds. The number of nitrogens with zero attached hydrogens (tertiary/aromatic N) is 5. The Morgan fingerprint density at radius 1 is 1.21 bits per heavy atom. The van der Waals surface area contributed by atoms with E-state index in [1.165, 1.54) is 11.3 Å². The molecule has 4 aromatic rings. The van der Waals surface area contributed by atoms with Gasteiger partial charge >= 0.3 is 0 Å². The Morgan fingerprint density at radius 3 is 2.76 bits per heavy atom. The minimum absolute atomic E-state index is 0.147. The van der Waals surface area contributed by atoms with Crippen molar-refractivity contribution in [2.45, 2.75) is 45.3 Å². The number of hydrogen-bond donors (Lipinski definition) is 1. The van der Waals surface area contributed by atoms with Crippen LogP contribution in [-0.2, 0) is 6.54 Å². The summed E-state index contributed by atoms with van der Waals surface area (Å²) in [6.07, 6.45) is 5.48. The number of thiophene rings is 1. The first kappa shape index (κ1) is 22.5. The zero-order valence-corrected chi connectivity index (χ0v) is 20.9. The second-order valence-corrected chi connectivity index (χ2v) is 11.3. The van der Waals surface area contributed by atoms with Gasteiger partial charge in [0.2, 0.25) is 5.82 Å². The molecule has 10 heteroatoms. The summed E-state index contributed by atoms with van der Waals surface area (Å²) >= 11 is 9.18. The van der Waals surface area contributed by atoms with Crippen molar-refractivity contribution < 1.29 is 4.79 Å². The highest BCUT2D eigenvalue weighted by molar-refractivity contribution is 7.23. The summed E-state index contributed by atoms with van der Waals surface area (Å²) in [6, 6.07) is 8.28. The van der Waals surface area contributed by atoms with E-state index in [1.807, 2.05) is 35.0 Å². The second kappa shape index (κ2) is 9.50. The van der Waals surface area contributed by atoms with E-state index < -0.39 is 0 Å². The van der Waals surface area contributed by atoms with Crippen molar-refractivity contribution in [2.24, 2.45) is 0 Å². The highest BCUT2D eigenvalue weighted by Crippen LogP contribution is 2.34. The molecule has 4 aromatic heterocycles. The van der Waals surface area contributed by atoms with Crippen LogP contribution in [0, 0.1) is 0 Å². The Labute approximate surface area is 205 Å². The molecule has 0 bridgehead atoms. The molecule has 7 nitrogen and oxygen atoms in total. The van der Waals surface area contributed by atoms with E-state index in [-0.39, 0.29) is 11.9 Å². The molecule has 0 aromatic carbocycles. The van der Waals surface area contributed by atoms with Gasteiger partial charge in [0.05, 0.1) is 15.8 Å². The highest BCUT2D eigenvalue weighted by atomic mass is 35.5. The first-order valence-electron chi connectivity index (χ1n) is 11.0. The number of aromatic nitrogens is 4. The predicted molar refractivity (Wildman–Crippen MR) is 134 cm³/mol. The van der Waals surface area contributed by atoms with Gasteiger partial charge in [-0.2, -0.15) is 0 Å². The maximum Gasteiger partial charge on any atom is 0.287 e. The molecule has 0 aliphatic carbocycles. The van der Waals surface area contributed by atoms with Crippen LogP contribution in [0.5, 0.6) is 0 Å². The van der Waals surface area contributed by atoms with Crippen LogP contribution in [0.4, 0.5) is 0 Å². The Morgan fingerprint density at radius 2 is 2.03 bits per heavy atom. The number of hydrogen-bond acceptors (Lipinski definition) is 7. The molecule has 172 valence electrons. The van der Waals surface area contributed by atoms with Crippen LogP contribution in [-0.4, -0.2) is 55.5 Å². The Balaban J connectivity index is 1.38. The van der Waals surface area contributed by atoms with E-state index in [0.717, 1.165) is 45.0 Å². The number of nitrogens with one attached hydrogen (secondary N) is 1. The molecule has 1 saturated heterocycles. The fraction of sp³-hybridized carbons (Fsp3) is 0.391. The number of imidazole rings is 1. The van der Waals surface area contributed by atoms with Crippen molar-refractivity contribution in [1.82, 2.24) is 29.7 Å². The maximum atomic E-state index is 13.3. The van der Waals surface area contributed by atoms with Crippen LogP contribution in [0.1, 0.15) is 42.2 Å². The summed E-state index contributed by atoms with van der Waals surface area (Å²) in [4.78, 5) is 31.5. The molecule has 1 N–H and O–H groups in total. The Bertz CT molecular complexity index is 1270. The first-order chi connectivity index (χ1) is 16.0. The second-order valence-electron chi connectivity index (χ2n) is 8.48. The average Bonchev–Trinajstić information content (AvgIpc) is 3.53. The number of rotatable bonds is 6. The van der Waals surface area contributed by atoms with E-state index in [0.29, 0.717) is 29.6 Å². The van der Waals surface area contributed by atoms with Gasteiger partial charge in [-0.05, 0) is 51.0 Å². The summed E-state index contributed by atoms with van der Waals surface area (Å²) < 4.78 is 2.64. The Kier molecular flexibility index (Phi) is 6.47. The summed E-state index contributed by atoms with van der Waals surface area (Å²) in [6.45, 7) is 6.91. The van der Waals surface area contributed by atoms with Gasteiger partial charge in [0.25, 0.3) is 5.91 Å². The number of halogens is 1. The van der Waals surface area contributed by atoms with Crippen LogP contribution < -0.4 is 5.32 Å². The van der Waals surface area contributed by atoms with Crippen LogP contribution in [0.3, 0.4) is 0 Å². The number of carbonyl (C=O) groups excluding carboxylic acids is 1. The Hall–Kier alpha value is -2.33. The lowest BCUT2D eigenvalue weighted by molar-refractivity contribution is 0.0887. The van der Waals surface area contributed by atoms with E-state index in [1.54, 1.807) is 17.5 Å². The van der Waals surface area contributed by atoms with Gasteiger partial charge in [0, 0.05) is 42.4 Å².